The lowest BCUT2D eigenvalue weighted by Crippen LogP contribution is -2.25. The van der Waals surface area contributed by atoms with Crippen LogP contribution in [0.15, 0.2) is 0 Å². The maximum atomic E-state index is 8.81. The molecule has 0 amide bonds. The number of aliphatic hydroxyl groups excluding tert-OH is 4. The molecule has 0 rings (SSSR count). The average molecular weight is 196 g/mol. The van der Waals surface area contributed by atoms with Crippen molar-refractivity contribution in [3.05, 3.63) is 0 Å². The molecular formula is C7H16O6. The van der Waals surface area contributed by atoms with Gasteiger partial charge in [-0.3, -0.25) is 0 Å². The minimum absolute atomic E-state index is 0.0416. The van der Waals surface area contributed by atoms with E-state index < -0.39 is 12.2 Å². The molecule has 0 bridgehead atoms. The summed E-state index contributed by atoms with van der Waals surface area (Å²) in [5.41, 5.74) is 0. The molecule has 0 aromatic carbocycles. The lowest BCUT2D eigenvalue weighted by Gasteiger charge is -2.13. The Morgan fingerprint density at radius 2 is 1.62 bits per heavy atom. The van der Waals surface area contributed by atoms with Gasteiger partial charge in [-0.15, -0.1) is 0 Å². The van der Waals surface area contributed by atoms with E-state index in [1.165, 1.54) is 0 Å². The smallest absolute Gasteiger partial charge is 0.147 e. The van der Waals surface area contributed by atoms with Gasteiger partial charge in [0.05, 0.1) is 26.4 Å². The van der Waals surface area contributed by atoms with E-state index in [-0.39, 0.29) is 33.2 Å². The van der Waals surface area contributed by atoms with Crippen molar-refractivity contribution in [3.8, 4) is 0 Å². The van der Waals surface area contributed by atoms with Crippen molar-refractivity contribution < 1.29 is 29.9 Å². The van der Waals surface area contributed by atoms with E-state index in [0.29, 0.717) is 0 Å². The van der Waals surface area contributed by atoms with Crippen LogP contribution in [-0.4, -0.2) is 65.9 Å². The van der Waals surface area contributed by atoms with Crippen LogP contribution in [0.5, 0.6) is 0 Å². The van der Waals surface area contributed by atoms with Crippen LogP contribution in [0.25, 0.3) is 0 Å². The van der Waals surface area contributed by atoms with Crippen molar-refractivity contribution in [3.63, 3.8) is 0 Å². The second-order valence-electron chi connectivity index (χ2n) is 2.48. The number of aliphatic hydroxyl groups is 4. The molecule has 0 saturated heterocycles. The fraction of sp³-hybridized carbons (Fsp3) is 1.00. The van der Waals surface area contributed by atoms with Gasteiger partial charge in [-0.25, -0.2) is 0 Å². The highest BCUT2D eigenvalue weighted by molar-refractivity contribution is 4.50. The summed E-state index contributed by atoms with van der Waals surface area (Å²) >= 11 is 0. The Kier molecular flexibility index (Phi) is 8.21. The molecule has 0 aliphatic carbocycles. The number of rotatable bonds is 8. The topological polar surface area (TPSA) is 99.4 Å². The number of ether oxygens (including phenoxy) is 2. The van der Waals surface area contributed by atoms with Crippen LogP contribution in [0.2, 0.25) is 0 Å². The highest BCUT2D eigenvalue weighted by atomic mass is 16.7. The lowest BCUT2D eigenvalue weighted by atomic mass is 10.4. The van der Waals surface area contributed by atoms with Crippen molar-refractivity contribution >= 4 is 0 Å². The normalized spacial score (nSPS) is 13.6. The van der Waals surface area contributed by atoms with Gasteiger partial charge in [-0.05, 0) is 0 Å². The van der Waals surface area contributed by atoms with Gasteiger partial charge in [0.2, 0.25) is 0 Å². The molecule has 6 heteroatoms. The molecule has 0 spiro atoms. The molecule has 6 nitrogen and oxygen atoms in total. The molecule has 0 aromatic heterocycles. The first-order valence-electron chi connectivity index (χ1n) is 3.94. The third-order valence-corrected chi connectivity index (χ3v) is 1.32. The molecule has 80 valence electrons. The molecule has 0 saturated carbocycles. The van der Waals surface area contributed by atoms with E-state index in [9.17, 15) is 0 Å². The van der Waals surface area contributed by atoms with Crippen LogP contribution in [0.4, 0.5) is 0 Å². The summed E-state index contributed by atoms with van der Waals surface area (Å²) in [6.45, 7) is -1.13. The zero-order chi connectivity index (χ0) is 10.1. The second-order valence-corrected chi connectivity index (χ2v) is 2.48. The largest absolute Gasteiger partial charge is 0.394 e. The van der Waals surface area contributed by atoms with Crippen molar-refractivity contribution in [1.29, 1.82) is 0 Å². The third kappa shape index (κ3) is 6.88. The van der Waals surface area contributed by atoms with Gasteiger partial charge >= 0.3 is 0 Å². The van der Waals surface area contributed by atoms with Crippen LogP contribution in [0.1, 0.15) is 0 Å². The molecule has 13 heavy (non-hydrogen) atoms. The monoisotopic (exact) mass is 196 g/mol. The molecule has 0 fully saturated rings. The summed E-state index contributed by atoms with van der Waals surface area (Å²) in [5.74, 6) is 0. The Balaban J connectivity index is 3.23. The van der Waals surface area contributed by atoms with E-state index in [1.54, 1.807) is 0 Å². The molecule has 4 N–H and O–H groups in total. The Bertz CT molecular complexity index is 105. The Labute approximate surface area is 76.3 Å². The number of hydrogen-bond donors (Lipinski definition) is 4. The van der Waals surface area contributed by atoms with Crippen molar-refractivity contribution in [2.75, 3.05) is 33.2 Å². The van der Waals surface area contributed by atoms with Crippen LogP contribution >= 0.6 is 0 Å². The quantitative estimate of drug-likeness (QED) is 0.257. The SMILES string of the molecule is OCC(O)COCOC(CO)CO. The van der Waals surface area contributed by atoms with Gasteiger partial charge in [0.15, 0.2) is 0 Å². The van der Waals surface area contributed by atoms with Crippen molar-refractivity contribution in [1.82, 2.24) is 0 Å². The standard InChI is InChI=1S/C7H16O6/c8-1-6(11)4-12-5-13-7(2-9)3-10/h6-11H,1-5H2. The molecule has 1 atom stereocenters. The van der Waals surface area contributed by atoms with Crippen LogP contribution in [-0.2, 0) is 9.47 Å². The van der Waals surface area contributed by atoms with Gasteiger partial charge in [-0.2, -0.15) is 0 Å². The Morgan fingerprint density at radius 3 is 2.08 bits per heavy atom. The molecule has 1 unspecified atom stereocenters. The lowest BCUT2D eigenvalue weighted by molar-refractivity contribution is -0.131. The maximum Gasteiger partial charge on any atom is 0.147 e. The fourth-order valence-corrected chi connectivity index (χ4v) is 0.544. The summed E-state index contributed by atoms with van der Waals surface area (Å²) in [5, 5.41) is 34.3. The predicted octanol–water partition coefficient (Wildman–Crippen LogP) is -2.32. The molecular weight excluding hydrogens is 180 g/mol. The fourth-order valence-electron chi connectivity index (χ4n) is 0.544. The van der Waals surface area contributed by atoms with Gasteiger partial charge in [0.25, 0.3) is 0 Å². The predicted molar refractivity (Wildman–Crippen MR) is 43.0 cm³/mol. The number of hydrogen-bond acceptors (Lipinski definition) is 6. The Morgan fingerprint density at radius 1 is 1.00 bits per heavy atom. The van der Waals surface area contributed by atoms with Crippen molar-refractivity contribution in [2.24, 2.45) is 0 Å². The summed E-state index contributed by atoms with van der Waals surface area (Å²) in [4.78, 5) is 0. The molecule has 0 aromatic rings. The van der Waals surface area contributed by atoms with Gasteiger partial charge in [0.1, 0.15) is 19.0 Å². The average Bonchev–Trinajstić information content (AvgIpc) is 2.18. The summed E-state index contributed by atoms with van der Waals surface area (Å²) in [6.07, 6.45) is -1.59. The molecule has 0 aliphatic heterocycles. The van der Waals surface area contributed by atoms with E-state index in [2.05, 4.69) is 0 Å². The van der Waals surface area contributed by atoms with Crippen molar-refractivity contribution in [2.45, 2.75) is 12.2 Å². The van der Waals surface area contributed by atoms with Gasteiger partial charge in [-0.1, -0.05) is 0 Å². The summed E-state index contributed by atoms with van der Waals surface area (Å²) < 4.78 is 9.59. The highest BCUT2D eigenvalue weighted by Crippen LogP contribution is 1.91. The highest BCUT2D eigenvalue weighted by Gasteiger charge is 2.06. The second kappa shape index (κ2) is 8.36. The van der Waals surface area contributed by atoms with E-state index in [0.717, 1.165) is 0 Å². The zero-order valence-electron chi connectivity index (χ0n) is 7.30. The molecule has 0 aliphatic rings. The van der Waals surface area contributed by atoms with Gasteiger partial charge < -0.3 is 29.9 Å². The zero-order valence-corrected chi connectivity index (χ0v) is 7.30. The third-order valence-electron chi connectivity index (χ3n) is 1.32. The minimum Gasteiger partial charge on any atom is -0.394 e. The summed E-state index contributed by atoms with van der Waals surface area (Å²) in [6, 6.07) is 0. The van der Waals surface area contributed by atoms with Gasteiger partial charge in [0, 0.05) is 0 Å². The Hall–Kier alpha value is -0.240. The summed E-state index contributed by atoms with van der Waals surface area (Å²) in [7, 11) is 0. The van der Waals surface area contributed by atoms with E-state index in [1.807, 2.05) is 0 Å². The van der Waals surface area contributed by atoms with Crippen LogP contribution in [0.3, 0.4) is 0 Å². The van der Waals surface area contributed by atoms with E-state index >= 15 is 0 Å². The van der Waals surface area contributed by atoms with Crippen LogP contribution in [0, 0.1) is 0 Å². The molecule has 0 heterocycles. The molecule has 0 radical (unpaired) electrons. The maximum absolute atomic E-state index is 8.81. The van der Waals surface area contributed by atoms with Crippen LogP contribution < -0.4 is 0 Å². The first kappa shape index (κ1) is 12.8. The first-order chi connectivity index (χ1) is 6.24. The first-order valence-corrected chi connectivity index (χ1v) is 3.94. The van der Waals surface area contributed by atoms with E-state index in [4.69, 9.17) is 29.9 Å². The minimum atomic E-state index is -0.926.